The van der Waals surface area contributed by atoms with Gasteiger partial charge in [-0.1, -0.05) is 0 Å². The molecule has 0 unspecified atom stereocenters. The van der Waals surface area contributed by atoms with E-state index in [-0.39, 0.29) is 37.0 Å². The second kappa shape index (κ2) is 5.16. The minimum Gasteiger partial charge on any atom is -0.338 e. The normalized spacial score (nSPS) is 28.3. The Balaban J connectivity index is 1.97. The molecule has 2 rings (SSSR count). The summed E-state index contributed by atoms with van der Waals surface area (Å²) >= 11 is 0. The predicted molar refractivity (Wildman–Crippen MR) is 68.4 cm³/mol. The maximum Gasteiger partial charge on any atom is 0.327 e. The van der Waals surface area contributed by atoms with Crippen LogP contribution in [0.15, 0.2) is 0 Å². The van der Waals surface area contributed by atoms with Gasteiger partial charge in [-0.2, -0.15) is 0 Å². The molecule has 0 aliphatic carbocycles. The summed E-state index contributed by atoms with van der Waals surface area (Å²) in [4.78, 5) is 39.6. The molecule has 0 aromatic heterocycles. The summed E-state index contributed by atoms with van der Waals surface area (Å²) in [6.07, 6.45) is 0. The third-order valence-electron chi connectivity index (χ3n) is 3.43. The van der Waals surface area contributed by atoms with Crippen molar-refractivity contribution in [2.45, 2.75) is 25.9 Å². The zero-order chi connectivity index (χ0) is 14.2. The Kier molecular flexibility index (Phi) is 3.75. The lowest BCUT2D eigenvalue weighted by atomic mass is 10.1. The molecule has 0 aromatic carbocycles. The molecule has 2 saturated heterocycles. The molecule has 1 N–H and O–H groups in total. The summed E-state index contributed by atoms with van der Waals surface area (Å²) in [5.74, 6) is -0.478. The van der Waals surface area contributed by atoms with Crippen LogP contribution in [0.3, 0.4) is 0 Å². The van der Waals surface area contributed by atoms with Crippen molar-refractivity contribution in [1.82, 2.24) is 20.0 Å². The molecule has 2 atom stereocenters. The Morgan fingerprint density at radius 1 is 1.26 bits per heavy atom. The van der Waals surface area contributed by atoms with Gasteiger partial charge in [0.2, 0.25) is 5.91 Å². The van der Waals surface area contributed by atoms with Gasteiger partial charge in [0.05, 0.1) is 0 Å². The topological polar surface area (TPSA) is 73.0 Å². The first-order valence-electron chi connectivity index (χ1n) is 6.47. The van der Waals surface area contributed by atoms with Gasteiger partial charge in [0.15, 0.2) is 0 Å². The molecule has 0 radical (unpaired) electrons. The van der Waals surface area contributed by atoms with E-state index in [1.807, 2.05) is 13.8 Å². The molecule has 4 amide bonds. The first-order chi connectivity index (χ1) is 8.88. The summed E-state index contributed by atoms with van der Waals surface area (Å²) in [5.41, 5.74) is 0. The van der Waals surface area contributed by atoms with Gasteiger partial charge in [-0.15, -0.1) is 0 Å². The van der Waals surface area contributed by atoms with Crippen molar-refractivity contribution in [3.8, 4) is 0 Å². The predicted octanol–water partition coefficient (Wildman–Crippen LogP) is -0.911. The van der Waals surface area contributed by atoms with E-state index in [0.29, 0.717) is 13.1 Å². The quantitative estimate of drug-likeness (QED) is 0.658. The molecular formula is C12H20N4O3. The summed E-state index contributed by atoms with van der Waals surface area (Å²) in [6.45, 7) is 5.14. The fourth-order valence-electron chi connectivity index (χ4n) is 2.59. The number of urea groups is 1. The molecular weight excluding hydrogens is 248 g/mol. The number of rotatable bonds is 2. The van der Waals surface area contributed by atoms with E-state index in [9.17, 15) is 14.4 Å². The lowest BCUT2D eigenvalue weighted by Gasteiger charge is -2.36. The van der Waals surface area contributed by atoms with E-state index in [1.165, 1.54) is 4.90 Å². The largest absolute Gasteiger partial charge is 0.338 e. The van der Waals surface area contributed by atoms with Crippen LogP contribution in [0.4, 0.5) is 4.79 Å². The lowest BCUT2D eigenvalue weighted by molar-refractivity contribution is -0.137. The van der Waals surface area contributed by atoms with Crippen LogP contribution in [0.5, 0.6) is 0 Å². The zero-order valence-corrected chi connectivity index (χ0v) is 11.5. The molecule has 19 heavy (non-hydrogen) atoms. The number of nitrogens with one attached hydrogen (secondary N) is 1. The monoisotopic (exact) mass is 268 g/mol. The van der Waals surface area contributed by atoms with Gasteiger partial charge in [-0.25, -0.2) is 4.79 Å². The Morgan fingerprint density at radius 2 is 1.84 bits per heavy atom. The Morgan fingerprint density at radius 3 is 2.32 bits per heavy atom. The molecule has 0 bridgehead atoms. The second-order valence-corrected chi connectivity index (χ2v) is 5.39. The van der Waals surface area contributed by atoms with Gasteiger partial charge in [0.1, 0.15) is 13.1 Å². The molecule has 7 nitrogen and oxygen atoms in total. The van der Waals surface area contributed by atoms with E-state index >= 15 is 0 Å². The SMILES string of the molecule is C[C@@H]1CN(C(=O)CN2C(=O)CN(C)C2=O)C[C@H](C)N1. The van der Waals surface area contributed by atoms with Crippen molar-refractivity contribution < 1.29 is 14.4 Å². The highest BCUT2D eigenvalue weighted by Crippen LogP contribution is 2.10. The fraction of sp³-hybridized carbons (Fsp3) is 0.750. The van der Waals surface area contributed by atoms with Gasteiger partial charge in [-0.05, 0) is 13.8 Å². The summed E-state index contributed by atoms with van der Waals surface area (Å²) < 4.78 is 0. The van der Waals surface area contributed by atoms with Crippen molar-refractivity contribution in [2.24, 2.45) is 0 Å². The van der Waals surface area contributed by atoms with Gasteiger partial charge >= 0.3 is 6.03 Å². The first kappa shape index (κ1) is 13.8. The minimum atomic E-state index is -0.394. The maximum atomic E-state index is 12.2. The number of likely N-dealkylation sites (N-methyl/N-ethyl adjacent to an activating group) is 1. The number of hydrogen-bond donors (Lipinski definition) is 1. The summed E-state index contributed by atoms with van der Waals surface area (Å²) in [5, 5.41) is 3.33. The fourth-order valence-corrected chi connectivity index (χ4v) is 2.59. The number of amides is 4. The van der Waals surface area contributed by atoms with Crippen LogP contribution >= 0.6 is 0 Å². The number of nitrogens with zero attached hydrogens (tertiary/aromatic N) is 3. The Labute approximate surface area is 112 Å². The van der Waals surface area contributed by atoms with Gasteiger partial charge < -0.3 is 15.1 Å². The molecule has 0 spiro atoms. The number of imide groups is 1. The van der Waals surface area contributed by atoms with Crippen LogP contribution in [0.25, 0.3) is 0 Å². The smallest absolute Gasteiger partial charge is 0.327 e. The highest BCUT2D eigenvalue weighted by Gasteiger charge is 2.36. The van der Waals surface area contributed by atoms with Crippen LogP contribution in [-0.2, 0) is 9.59 Å². The molecule has 0 aromatic rings. The number of carbonyl (C=O) groups excluding carboxylic acids is 3. The Bertz CT molecular complexity index is 402. The van der Waals surface area contributed by atoms with E-state index in [1.54, 1.807) is 11.9 Å². The summed E-state index contributed by atoms with van der Waals surface area (Å²) in [7, 11) is 1.56. The van der Waals surface area contributed by atoms with Crippen LogP contribution < -0.4 is 5.32 Å². The van der Waals surface area contributed by atoms with E-state index in [0.717, 1.165) is 4.90 Å². The highest BCUT2D eigenvalue weighted by molar-refractivity contribution is 6.04. The number of hydrogen-bond acceptors (Lipinski definition) is 4. The van der Waals surface area contributed by atoms with Crippen molar-refractivity contribution in [1.29, 1.82) is 0 Å². The van der Waals surface area contributed by atoms with Crippen LogP contribution in [-0.4, -0.2) is 77.9 Å². The second-order valence-electron chi connectivity index (χ2n) is 5.39. The molecule has 2 aliphatic rings. The summed E-state index contributed by atoms with van der Waals surface area (Å²) in [6, 6.07) is 0.0512. The zero-order valence-electron chi connectivity index (χ0n) is 11.5. The molecule has 2 aliphatic heterocycles. The Hall–Kier alpha value is -1.63. The van der Waals surface area contributed by atoms with Crippen LogP contribution in [0, 0.1) is 0 Å². The molecule has 0 saturated carbocycles. The third-order valence-corrected chi connectivity index (χ3v) is 3.43. The van der Waals surface area contributed by atoms with Crippen LogP contribution in [0.2, 0.25) is 0 Å². The van der Waals surface area contributed by atoms with Crippen molar-refractivity contribution in [3.63, 3.8) is 0 Å². The molecule has 106 valence electrons. The molecule has 7 heteroatoms. The molecule has 2 fully saturated rings. The van der Waals surface area contributed by atoms with Crippen molar-refractivity contribution >= 4 is 17.8 Å². The number of piperazine rings is 1. The highest BCUT2D eigenvalue weighted by atomic mass is 16.2. The van der Waals surface area contributed by atoms with Crippen molar-refractivity contribution in [3.05, 3.63) is 0 Å². The first-order valence-corrected chi connectivity index (χ1v) is 6.47. The van der Waals surface area contributed by atoms with Gasteiger partial charge in [0, 0.05) is 32.2 Å². The standard InChI is InChI=1S/C12H20N4O3/c1-8-4-15(5-9(2)13-8)10(17)7-16-11(18)6-14(3)12(16)19/h8-9,13H,4-7H2,1-3H3/t8-,9+. The maximum absolute atomic E-state index is 12.2. The van der Waals surface area contributed by atoms with Crippen LogP contribution in [0.1, 0.15) is 13.8 Å². The average Bonchev–Trinajstić information content (AvgIpc) is 2.54. The van der Waals surface area contributed by atoms with E-state index < -0.39 is 6.03 Å². The lowest BCUT2D eigenvalue weighted by Crippen LogP contribution is -2.57. The van der Waals surface area contributed by atoms with E-state index in [2.05, 4.69) is 5.32 Å². The van der Waals surface area contributed by atoms with Gasteiger partial charge in [-0.3, -0.25) is 14.5 Å². The van der Waals surface area contributed by atoms with E-state index in [4.69, 9.17) is 0 Å². The average molecular weight is 268 g/mol. The van der Waals surface area contributed by atoms with Crippen molar-refractivity contribution in [2.75, 3.05) is 33.2 Å². The van der Waals surface area contributed by atoms with Gasteiger partial charge in [0.25, 0.3) is 5.91 Å². The number of carbonyl (C=O) groups is 3. The third kappa shape index (κ3) is 2.86. The minimum absolute atomic E-state index is 0.0560. The molecule has 2 heterocycles.